The minimum absolute atomic E-state index is 0.323. The molecular weight excluding hydrogens is 460 g/mol. The summed E-state index contributed by atoms with van der Waals surface area (Å²) in [5.74, 6) is 2.37. The number of methoxy groups -OCH3 is 1. The molecule has 182 valence electrons. The largest absolute Gasteiger partial charge is 0.497 e. The molecule has 0 bridgehead atoms. The van der Waals surface area contributed by atoms with Crippen LogP contribution in [-0.4, -0.2) is 21.9 Å². The van der Waals surface area contributed by atoms with Gasteiger partial charge in [-0.1, -0.05) is 49.2 Å². The molecule has 5 rings (SSSR count). The van der Waals surface area contributed by atoms with E-state index in [4.69, 9.17) is 9.15 Å². The monoisotopic (exact) mass is 490 g/mol. The molecule has 0 atom stereocenters. The molecule has 8 heteroatoms. The highest BCUT2D eigenvalue weighted by Crippen LogP contribution is 2.34. The zero-order valence-electron chi connectivity index (χ0n) is 20.1. The van der Waals surface area contributed by atoms with Gasteiger partial charge in [0.2, 0.25) is 0 Å². The molecule has 1 aliphatic carbocycles. The summed E-state index contributed by atoms with van der Waals surface area (Å²) < 4.78 is 13.1. The Labute approximate surface area is 208 Å². The van der Waals surface area contributed by atoms with Crippen LogP contribution < -0.4 is 15.7 Å². The van der Waals surface area contributed by atoms with Gasteiger partial charge in [0.1, 0.15) is 11.3 Å². The molecule has 1 aliphatic rings. The smallest absolute Gasteiger partial charge is 0.336 e. The number of thioether (sulfide) groups is 1. The van der Waals surface area contributed by atoms with E-state index in [-0.39, 0.29) is 5.63 Å². The van der Waals surface area contributed by atoms with E-state index in [1.807, 2.05) is 49.4 Å². The van der Waals surface area contributed by atoms with Crippen molar-refractivity contribution in [1.29, 1.82) is 0 Å². The van der Waals surface area contributed by atoms with Gasteiger partial charge in [-0.05, 0) is 49.1 Å². The second-order valence-electron chi connectivity index (χ2n) is 9.03. The average Bonchev–Trinajstić information content (AvgIpc) is 3.29. The highest BCUT2D eigenvalue weighted by Gasteiger charge is 2.23. The zero-order chi connectivity index (χ0) is 24.2. The maximum absolute atomic E-state index is 12.2. The van der Waals surface area contributed by atoms with Crippen LogP contribution in [0.2, 0.25) is 0 Å². The van der Waals surface area contributed by atoms with Crippen molar-refractivity contribution in [3.8, 4) is 5.75 Å². The van der Waals surface area contributed by atoms with E-state index >= 15 is 0 Å². The zero-order valence-corrected chi connectivity index (χ0v) is 20.9. The summed E-state index contributed by atoms with van der Waals surface area (Å²) in [6, 6.07) is 15.9. The van der Waals surface area contributed by atoms with Gasteiger partial charge in [0, 0.05) is 35.0 Å². The van der Waals surface area contributed by atoms with Gasteiger partial charge in [-0.25, -0.2) is 4.79 Å². The number of rotatable bonds is 8. The van der Waals surface area contributed by atoms with Crippen LogP contribution in [0.5, 0.6) is 5.75 Å². The Bertz CT molecular complexity index is 1370. The van der Waals surface area contributed by atoms with Crippen LogP contribution in [-0.2, 0) is 12.3 Å². The van der Waals surface area contributed by atoms with E-state index in [9.17, 15) is 4.79 Å². The second kappa shape index (κ2) is 10.6. The molecular formula is C27H30N4O3S. The summed E-state index contributed by atoms with van der Waals surface area (Å²) in [4.78, 5) is 12.2. The van der Waals surface area contributed by atoms with Gasteiger partial charge in [-0.2, -0.15) is 0 Å². The van der Waals surface area contributed by atoms with Crippen LogP contribution >= 0.6 is 11.8 Å². The molecule has 0 saturated heterocycles. The quantitative estimate of drug-likeness (QED) is 0.236. The number of ether oxygens (including phenoxy) is 1. The van der Waals surface area contributed by atoms with Crippen molar-refractivity contribution >= 4 is 28.4 Å². The van der Waals surface area contributed by atoms with E-state index < -0.39 is 0 Å². The fourth-order valence-electron chi connectivity index (χ4n) is 4.75. The van der Waals surface area contributed by atoms with Crippen LogP contribution in [0.4, 0.5) is 5.69 Å². The number of nitrogens with zero attached hydrogens (tertiary/aromatic N) is 3. The third kappa shape index (κ3) is 5.37. The lowest BCUT2D eigenvalue weighted by atomic mass is 9.95. The van der Waals surface area contributed by atoms with Gasteiger partial charge >= 0.3 is 5.63 Å². The number of hydrogen-bond donors (Lipinski definition) is 1. The number of benzene rings is 2. The molecule has 1 saturated carbocycles. The molecule has 35 heavy (non-hydrogen) atoms. The Morgan fingerprint density at radius 2 is 1.97 bits per heavy atom. The standard InChI is InChI=1S/C27H30N4O3S/c1-18-11-12-23-19(14-26(32)34-24(23)13-18)17-35-27-30-29-25(31(27)21-8-4-3-5-9-21)16-28-20-7-6-10-22(15-20)33-2/h6-7,10-15,21,28H,3-5,8-9,16-17H2,1-2H3. The van der Waals surface area contributed by atoms with Crippen molar-refractivity contribution in [1.82, 2.24) is 14.8 Å². The van der Waals surface area contributed by atoms with Crippen molar-refractivity contribution in [2.45, 2.75) is 62.5 Å². The Morgan fingerprint density at radius 3 is 2.80 bits per heavy atom. The Kier molecular flexibility index (Phi) is 7.08. The molecule has 0 unspecified atom stereocenters. The predicted molar refractivity (Wildman–Crippen MR) is 139 cm³/mol. The summed E-state index contributed by atoms with van der Waals surface area (Å²) in [7, 11) is 1.67. The molecule has 0 amide bonds. The third-order valence-corrected chi connectivity index (χ3v) is 7.53. The molecule has 4 aromatic rings. The fourth-order valence-corrected chi connectivity index (χ4v) is 5.76. The van der Waals surface area contributed by atoms with Crippen LogP contribution in [0.3, 0.4) is 0 Å². The van der Waals surface area contributed by atoms with E-state index in [0.717, 1.165) is 51.8 Å². The molecule has 2 heterocycles. The number of hydrogen-bond acceptors (Lipinski definition) is 7. The van der Waals surface area contributed by atoms with Crippen molar-refractivity contribution in [3.63, 3.8) is 0 Å². The van der Waals surface area contributed by atoms with Crippen LogP contribution in [0, 0.1) is 6.92 Å². The Hall–Kier alpha value is -3.26. The first-order valence-electron chi connectivity index (χ1n) is 12.1. The van der Waals surface area contributed by atoms with E-state index in [1.54, 1.807) is 24.9 Å². The highest BCUT2D eigenvalue weighted by molar-refractivity contribution is 7.98. The van der Waals surface area contributed by atoms with Crippen molar-refractivity contribution in [2.24, 2.45) is 0 Å². The first-order valence-corrected chi connectivity index (χ1v) is 13.1. The summed E-state index contributed by atoms with van der Waals surface area (Å²) in [5.41, 5.74) is 3.31. The lowest BCUT2D eigenvalue weighted by molar-refractivity contribution is 0.330. The minimum atomic E-state index is -0.323. The number of anilines is 1. The van der Waals surface area contributed by atoms with Gasteiger partial charge in [-0.15, -0.1) is 10.2 Å². The SMILES string of the molecule is COc1cccc(NCc2nnc(SCc3cc(=O)oc4cc(C)ccc34)n2C2CCCCC2)c1. The molecule has 2 aromatic heterocycles. The third-order valence-electron chi connectivity index (χ3n) is 6.54. The molecule has 0 aliphatic heterocycles. The second-order valence-corrected chi connectivity index (χ2v) is 9.97. The van der Waals surface area contributed by atoms with Gasteiger partial charge in [0.05, 0.1) is 13.7 Å². The average molecular weight is 491 g/mol. The highest BCUT2D eigenvalue weighted by atomic mass is 32.2. The molecule has 0 spiro atoms. The predicted octanol–water partition coefficient (Wildman–Crippen LogP) is 6.11. The minimum Gasteiger partial charge on any atom is -0.497 e. The van der Waals surface area contributed by atoms with Crippen LogP contribution in [0.1, 0.15) is 55.1 Å². The summed E-state index contributed by atoms with van der Waals surface area (Å²) >= 11 is 1.63. The van der Waals surface area contributed by atoms with Crippen LogP contribution in [0.15, 0.2) is 62.9 Å². The van der Waals surface area contributed by atoms with Gasteiger partial charge in [0.15, 0.2) is 11.0 Å². The van der Waals surface area contributed by atoms with Crippen LogP contribution in [0.25, 0.3) is 11.0 Å². The molecule has 1 fully saturated rings. The maximum atomic E-state index is 12.2. The number of fused-ring (bicyclic) bond motifs is 1. The van der Waals surface area contributed by atoms with Gasteiger partial charge < -0.3 is 19.0 Å². The Morgan fingerprint density at radius 1 is 1.11 bits per heavy atom. The topological polar surface area (TPSA) is 82.2 Å². The van der Waals surface area contributed by atoms with E-state index in [0.29, 0.717) is 23.9 Å². The van der Waals surface area contributed by atoms with Crippen molar-refractivity contribution in [2.75, 3.05) is 12.4 Å². The Balaban J connectivity index is 1.40. The molecule has 2 aromatic carbocycles. The van der Waals surface area contributed by atoms with Gasteiger partial charge in [0.25, 0.3) is 0 Å². The first kappa shape index (κ1) is 23.5. The summed E-state index contributed by atoms with van der Waals surface area (Å²) in [6.45, 7) is 2.57. The number of aryl methyl sites for hydroxylation is 1. The molecule has 1 N–H and O–H groups in total. The first-order chi connectivity index (χ1) is 17.1. The molecule has 7 nitrogen and oxygen atoms in total. The van der Waals surface area contributed by atoms with Crippen molar-refractivity contribution < 1.29 is 9.15 Å². The lowest BCUT2D eigenvalue weighted by Gasteiger charge is -2.25. The summed E-state index contributed by atoms with van der Waals surface area (Å²) in [5, 5.41) is 14.5. The number of aromatic nitrogens is 3. The molecule has 0 radical (unpaired) electrons. The fraction of sp³-hybridized carbons (Fsp3) is 0.370. The lowest BCUT2D eigenvalue weighted by Crippen LogP contribution is -2.18. The summed E-state index contributed by atoms with van der Waals surface area (Å²) in [6.07, 6.45) is 5.99. The van der Waals surface area contributed by atoms with E-state index in [2.05, 4.69) is 20.1 Å². The van der Waals surface area contributed by atoms with E-state index in [1.165, 1.54) is 19.3 Å². The normalized spacial score (nSPS) is 14.3. The van der Waals surface area contributed by atoms with Crippen molar-refractivity contribution in [3.05, 3.63) is 75.9 Å². The number of nitrogens with one attached hydrogen (secondary N) is 1. The van der Waals surface area contributed by atoms with Gasteiger partial charge in [-0.3, -0.25) is 0 Å². The maximum Gasteiger partial charge on any atom is 0.336 e.